The van der Waals surface area contributed by atoms with Crippen LogP contribution in [0.25, 0.3) is 0 Å². The first-order valence-electron chi connectivity index (χ1n) is 28.4. The molecule has 0 aliphatic carbocycles. The molecular weight excluding hydrogens is 829 g/mol. The monoisotopic (exact) mass is 935 g/mol. The first-order chi connectivity index (χ1) is 33.0. The highest BCUT2D eigenvalue weighted by molar-refractivity contribution is 5.71. The Hall–Kier alpha value is -3.15. The lowest BCUT2D eigenvalue weighted by molar-refractivity contribution is -0.167. The first kappa shape index (κ1) is 63.8. The van der Waals surface area contributed by atoms with Gasteiger partial charge in [0.1, 0.15) is 13.2 Å². The summed E-state index contributed by atoms with van der Waals surface area (Å²) in [6, 6.07) is 0. The van der Waals surface area contributed by atoms with E-state index in [1.54, 1.807) is 0 Å². The minimum Gasteiger partial charge on any atom is -0.462 e. The third-order valence-electron chi connectivity index (χ3n) is 12.2. The molecule has 1 unspecified atom stereocenters. The number of ether oxygens (including phenoxy) is 3. The molecular formula is C61H106O6. The maximum atomic E-state index is 12.8. The predicted molar refractivity (Wildman–Crippen MR) is 288 cm³/mol. The second-order valence-electron chi connectivity index (χ2n) is 18.8. The third kappa shape index (κ3) is 53.7. The number of unbranched alkanes of at least 4 members (excludes halogenated alkanes) is 28. The summed E-state index contributed by atoms with van der Waals surface area (Å²) in [5, 5.41) is 0. The summed E-state index contributed by atoms with van der Waals surface area (Å²) in [7, 11) is 0. The molecule has 0 aliphatic heterocycles. The van der Waals surface area contributed by atoms with Crippen LogP contribution < -0.4 is 0 Å². The van der Waals surface area contributed by atoms with E-state index in [4.69, 9.17) is 14.2 Å². The van der Waals surface area contributed by atoms with Gasteiger partial charge in [-0.15, -0.1) is 0 Å². The number of carbonyl (C=O) groups excluding carboxylic acids is 3. The number of esters is 3. The minimum absolute atomic E-state index is 0.0873. The predicted octanol–water partition coefficient (Wildman–Crippen LogP) is 19.0. The molecule has 0 fully saturated rings. The molecule has 386 valence electrons. The molecule has 0 aromatic carbocycles. The SMILES string of the molecule is CC/C=C\C/C=C\C/C=C\C/C=C\CCCCCCCCC(=O)OCC(COC(=O)CCCCCCC/C=C\CCCCC)OC(=O)CCCCCCC/C=C\CCCCCCCCCCC. The van der Waals surface area contributed by atoms with E-state index >= 15 is 0 Å². The number of hydrogen-bond acceptors (Lipinski definition) is 6. The van der Waals surface area contributed by atoms with Crippen molar-refractivity contribution in [2.75, 3.05) is 13.2 Å². The van der Waals surface area contributed by atoms with Gasteiger partial charge in [-0.05, 0) is 109 Å². The Morgan fingerprint density at radius 3 is 0.955 bits per heavy atom. The zero-order chi connectivity index (χ0) is 48.6. The molecule has 0 bridgehead atoms. The van der Waals surface area contributed by atoms with Crippen molar-refractivity contribution in [2.24, 2.45) is 0 Å². The van der Waals surface area contributed by atoms with E-state index < -0.39 is 6.10 Å². The van der Waals surface area contributed by atoms with Gasteiger partial charge < -0.3 is 14.2 Å². The molecule has 0 amide bonds. The lowest BCUT2D eigenvalue weighted by Gasteiger charge is -2.18. The summed E-state index contributed by atoms with van der Waals surface area (Å²) in [6.07, 6.45) is 70.3. The van der Waals surface area contributed by atoms with Crippen LogP contribution >= 0.6 is 0 Å². The van der Waals surface area contributed by atoms with Crippen molar-refractivity contribution < 1.29 is 28.6 Å². The van der Waals surface area contributed by atoms with Gasteiger partial charge in [-0.2, -0.15) is 0 Å². The van der Waals surface area contributed by atoms with Crippen LogP contribution in [-0.4, -0.2) is 37.2 Å². The summed E-state index contributed by atoms with van der Waals surface area (Å²) in [5.74, 6) is -0.912. The molecule has 0 N–H and O–H groups in total. The van der Waals surface area contributed by atoms with Crippen molar-refractivity contribution in [1.29, 1.82) is 0 Å². The average molecular weight is 936 g/mol. The fraction of sp³-hybridized carbons (Fsp3) is 0.754. The Morgan fingerprint density at radius 1 is 0.313 bits per heavy atom. The van der Waals surface area contributed by atoms with Crippen LogP contribution in [0.15, 0.2) is 72.9 Å². The van der Waals surface area contributed by atoms with Gasteiger partial charge >= 0.3 is 17.9 Å². The molecule has 0 saturated heterocycles. The zero-order valence-corrected chi connectivity index (χ0v) is 44.2. The van der Waals surface area contributed by atoms with Crippen LogP contribution in [0.3, 0.4) is 0 Å². The van der Waals surface area contributed by atoms with Crippen LogP contribution in [0, 0.1) is 0 Å². The van der Waals surface area contributed by atoms with Crippen molar-refractivity contribution >= 4 is 17.9 Å². The fourth-order valence-corrected chi connectivity index (χ4v) is 7.89. The van der Waals surface area contributed by atoms with Crippen LogP contribution in [-0.2, 0) is 28.6 Å². The second kappa shape index (κ2) is 55.4. The molecule has 0 aromatic rings. The van der Waals surface area contributed by atoms with Gasteiger partial charge in [-0.25, -0.2) is 0 Å². The molecule has 0 spiro atoms. The molecule has 6 nitrogen and oxygen atoms in total. The molecule has 0 aromatic heterocycles. The molecule has 0 saturated carbocycles. The number of hydrogen-bond donors (Lipinski definition) is 0. The maximum Gasteiger partial charge on any atom is 0.306 e. The topological polar surface area (TPSA) is 78.9 Å². The summed E-state index contributed by atoms with van der Waals surface area (Å²) in [5.41, 5.74) is 0. The Bertz CT molecular complexity index is 1260. The third-order valence-corrected chi connectivity index (χ3v) is 12.2. The smallest absolute Gasteiger partial charge is 0.306 e. The summed E-state index contributed by atoms with van der Waals surface area (Å²) in [4.78, 5) is 38.1. The zero-order valence-electron chi connectivity index (χ0n) is 44.2. The molecule has 0 heterocycles. The van der Waals surface area contributed by atoms with E-state index in [1.807, 2.05) is 0 Å². The van der Waals surface area contributed by atoms with Gasteiger partial charge in [0.2, 0.25) is 0 Å². The summed E-state index contributed by atoms with van der Waals surface area (Å²) in [6.45, 7) is 6.49. The van der Waals surface area contributed by atoms with Crippen LogP contribution in [0.2, 0.25) is 0 Å². The molecule has 0 rings (SSSR count). The first-order valence-corrected chi connectivity index (χ1v) is 28.4. The van der Waals surface area contributed by atoms with E-state index in [1.165, 1.54) is 128 Å². The molecule has 1 atom stereocenters. The minimum atomic E-state index is -0.789. The normalized spacial score (nSPS) is 12.6. The number of allylic oxidation sites excluding steroid dienone is 12. The Balaban J connectivity index is 4.39. The van der Waals surface area contributed by atoms with E-state index in [0.717, 1.165) is 109 Å². The van der Waals surface area contributed by atoms with Crippen molar-refractivity contribution in [1.82, 2.24) is 0 Å². The van der Waals surface area contributed by atoms with Crippen LogP contribution in [0.5, 0.6) is 0 Å². The van der Waals surface area contributed by atoms with Gasteiger partial charge in [0.15, 0.2) is 6.10 Å². The highest BCUT2D eigenvalue weighted by Crippen LogP contribution is 2.15. The second-order valence-corrected chi connectivity index (χ2v) is 18.8. The lowest BCUT2D eigenvalue weighted by Crippen LogP contribution is -2.30. The Labute approximate surface area is 414 Å². The van der Waals surface area contributed by atoms with Crippen LogP contribution in [0.1, 0.15) is 278 Å². The van der Waals surface area contributed by atoms with Gasteiger partial charge in [-0.3, -0.25) is 14.4 Å². The highest BCUT2D eigenvalue weighted by atomic mass is 16.6. The molecule has 0 aliphatic rings. The molecule has 0 radical (unpaired) electrons. The van der Waals surface area contributed by atoms with Crippen molar-refractivity contribution in [3.05, 3.63) is 72.9 Å². The fourth-order valence-electron chi connectivity index (χ4n) is 7.89. The summed E-state index contributed by atoms with van der Waals surface area (Å²) < 4.78 is 16.8. The summed E-state index contributed by atoms with van der Waals surface area (Å²) >= 11 is 0. The quantitative estimate of drug-likeness (QED) is 0.0262. The molecule has 6 heteroatoms. The average Bonchev–Trinajstić information content (AvgIpc) is 3.33. The van der Waals surface area contributed by atoms with E-state index in [9.17, 15) is 14.4 Å². The van der Waals surface area contributed by atoms with E-state index in [0.29, 0.717) is 19.3 Å². The van der Waals surface area contributed by atoms with E-state index in [2.05, 4.69) is 93.7 Å². The highest BCUT2D eigenvalue weighted by Gasteiger charge is 2.19. The number of rotatable bonds is 51. The standard InChI is InChI=1S/C61H106O6/c1-4-7-10-13-16-19-22-25-27-29-31-33-34-36-39-42-45-48-51-54-60(63)66-57-58(56-65-59(62)53-50-47-44-41-38-24-21-18-15-12-9-6-3)67-61(64)55-52-49-46-43-40-37-35-32-30-28-26-23-20-17-14-11-8-5-2/h7,10,16,18-19,21,25,27,31-33,35,58H,4-6,8-9,11-15,17,20,22-24,26,28-30,34,36-57H2,1-3H3/b10-7-,19-16-,21-18-,27-25-,33-31-,35-32-. The van der Waals surface area contributed by atoms with Gasteiger partial charge in [0.25, 0.3) is 0 Å². The van der Waals surface area contributed by atoms with Gasteiger partial charge in [-0.1, -0.05) is 222 Å². The Kier molecular flexibility index (Phi) is 52.8. The Morgan fingerprint density at radius 2 is 0.582 bits per heavy atom. The maximum absolute atomic E-state index is 12.8. The van der Waals surface area contributed by atoms with Crippen LogP contribution in [0.4, 0.5) is 0 Å². The molecule has 67 heavy (non-hydrogen) atoms. The van der Waals surface area contributed by atoms with Crippen molar-refractivity contribution in [3.8, 4) is 0 Å². The number of carbonyl (C=O) groups is 3. The van der Waals surface area contributed by atoms with Gasteiger partial charge in [0, 0.05) is 19.3 Å². The van der Waals surface area contributed by atoms with Crippen molar-refractivity contribution in [3.63, 3.8) is 0 Å². The van der Waals surface area contributed by atoms with E-state index in [-0.39, 0.29) is 31.1 Å². The van der Waals surface area contributed by atoms with Crippen molar-refractivity contribution in [2.45, 2.75) is 284 Å². The van der Waals surface area contributed by atoms with Gasteiger partial charge in [0.05, 0.1) is 0 Å². The lowest BCUT2D eigenvalue weighted by atomic mass is 10.1. The largest absolute Gasteiger partial charge is 0.462 e.